The molecule has 1 amide bonds. The summed E-state index contributed by atoms with van der Waals surface area (Å²) < 4.78 is 0. The first-order chi connectivity index (χ1) is 7.36. The van der Waals surface area contributed by atoms with E-state index in [0.29, 0.717) is 0 Å². The SMILES string of the molecule is CCC1c2ccccc2SCCN1C=O. The van der Waals surface area contributed by atoms with Crippen LogP contribution in [-0.4, -0.2) is 23.6 Å². The zero-order chi connectivity index (χ0) is 10.7. The molecule has 0 N–H and O–H groups in total. The van der Waals surface area contributed by atoms with Gasteiger partial charge in [-0.3, -0.25) is 4.79 Å². The number of thioether (sulfide) groups is 1. The smallest absolute Gasteiger partial charge is 0.210 e. The zero-order valence-electron chi connectivity index (χ0n) is 8.85. The van der Waals surface area contributed by atoms with Gasteiger partial charge >= 0.3 is 0 Å². The molecular weight excluding hydrogens is 206 g/mol. The molecular formula is C12H15NOS. The monoisotopic (exact) mass is 221 g/mol. The number of fused-ring (bicyclic) bond motifs is 1. The molecule has 1 aliphatic heterocycles. The third-order valence-corrected chi connectivity index (χ3v) is 3.88. The molecule has 1 aliphatic rings. The molecule has 0 saturated heterocycles. The Morgan fingerprint density at radius 3 is 3.07 bits per heavy atom. The van der Waals surface area contributed by atoms with Crippen molar-refractivity contribution >= 4 is 18.2 Å². The van der Waals surface area contributed by atoms with Crippen molar-refractivity contribution in [3.63, 3.8) is 0 Å². The molecule has 2 nitrogen and oxygen atoms in total. The minimum atomic E-state index is 0.258. The Balaban J connectivity index is 2.41. The summed E-state index contributed by atoms with van der Waals surface area (Å²) in [6.07, 6.45) is 1.97. The zero-order valence-corrected chi connectivity index (χ0v) is 9.67. The molecule has 3 heteroatoms. The highest BCUT2D eigenvalue weighted by atomic mass is 32.2. The van der Waals surface area contributed by atoms with Crippen LogP contribution in [-0.2, 0) is 4.79 Å². The minimum Gasteiger partial charge on any atom is -0.337 e. The number of amides is 1. The second-order valence-corrected chi connectivity index (χ2v) is 4.79. The predicted octanol–water partition coefficient (Wildman–Crippen LogP) is 2.70. The van der Waals surface area contributed by atoms with Crippen LogP contribution in [0.3, 0.4) is 0 Å². The molecule has 0 spiro atoms. The number of rotatable bonds is 2. The maximum atomic E-state index is 11.0. The van der Waals surface area contributed by atoms with Crippen molar-refractivity contribution in [2.24, 2.45) is 0 Å². The summed E-state index contributed by atoms with van der Waals surface area (Å²) in [6.45, 7) is 2.98. The van der Waals surface area contributed by atoms with Crippen LogP contribution in [0.4, 0.5) is 0 Å². The number of carbonyl (C=O) groups excluding carboxylic acids is 1. The van der Waals surface area contributed by atoms with Crippen LogP contribution in [0, 0.1) is 0 Å². The molecule has 0 fully saturated rings. The molecule has 0 radical (unpaired) electrons. The fraction of sp³-hybridized carbons (Fsp3) is 0.417. The molecule has 0 aliphatic carbocycles. The molecule has 0 saturated carbocycles. The normalized spacial score (nSPS) is 20.6. The van der Waals surface area contributed by atoms with Crippen molar-refractivity contribution in [2.75, 3.05) is 12.3 Å². The van der Waals surface area contributed by atoms with E-state index in [1.165, 1.54) is 10.5 Å². The van der Waals surface area contributed by atoms with E-state index >= 15 is 0 Å². The molecule has 1 aromatic carbocycles. The first kappa shape index (κ1) is 10.6. The van der Waals surface area contributed by atoms with Gasteiger partial charge in [0.2, 0.25) is 6.41 Å². The van der Waals surface area contributed by atoms with Crippen molar-refractivity contribution in [1.82, 2.24) is 4.90 Å². The maximum Gasteiger partial charge on any atom is 0.210 e. The number of hydrogen-bond donors (Lipinski definition) is 0. The van der Waals surface area contributed by atoms with Crippen LogP contribution in [0.5, 0.6) is 0 Å². The third-order valence-electron chi connectivity index (χ3n) is 2.81. The average Bonchev–Trinajstić information content (AvgIpc) is 2.47. The van der Waals surface area contributed by atoms with Crippen molar-refractivity contribution in [1.29, 1.82) is 0 Å². The Kier molecular flexibility index (Phi) is 3.31. The van der Waals surface area contributed by atoms with Gasteiger partial charge in [0.25, 0.3) is 0 Å². The number of benzene rings is 1. The van der Waals surface area contributed by atoms with Crippen LogP contribution >= 0.6 is 11.8 Å². The molecule has 1 heterocycles. The maximum absolute atomic E-state index is 11.0. The second-order valence-electron chi connectivity index (χ2n) is 3.65. The molecule has 1 atom stereocenters. The number of carbonyl (C=O) groups is 1. The standard InChI is InChI=1S/C12H15NOS/c1-2-11-10-5-3-4-6-12(10)15-8-7-13(11)9-14/h3-6,9,11H,2,7-8H2,1H3. The van der Waals surface area contributed by atoms with Crippen molar-refractivity contribution in [2.45, 2.75) is 24.3 Å². The molecule has 2 rings (SSSR count). The van der Waals surface area contributed by atoms with Gasteiger partial charge < -0.3 is 4.90 Å². The van der Waals surface area contributed by atoms with Crippen molar-refractivity contribution in [3.8, 4) is 0 Å². The Hall–Kier alpha value is -0.960. The lowest BCUT2D eigenvalue weighted by atomic mass is 10.0. The minimum absolute atomic E-state index is 0.258. The van der Waals surface area contributed by atoms with Gasteiger partial charge in [0.05, 0.1) is 6.04 Å². The number of hydrogen-bond acceptors (Lipinski definition) is 2. The van der Waals surface area contributed by atoms with E-state index in [2.05, 4.69) is 31.2 Å². The quantitative estimate of drug-likeness (QED) is 0.716. The van der Waals surface area contributed by atoms with Crippen molar-refractivity contribution in [3.05, 3.63) is 29.8 Å². The summed E-state index contributed by atoms with van der Waals surface area (Å²) in [5.41, 5.74) is 1.30. The highest BCUT2D eigenvalue weighted by molar-refractivity contribution is 7.99. The van der Waals surface area contributed by atoms with E-state index in [1.807, 2.05) is 16.7 Å². The van der Waals surface area contributed by atoms with Crippen LogP contribution < -0.4 is 0 Å². The molecule has 0 bridgehead atoms. The molecule has 15 heavy (non-hydrogen) atoms. The molecule has 80 valence electrons. The van der Waals surface area contributed by atoms with Gasteiger partial charge in [-0.05, 0) is 18.1 Å². The fourth-order valence-electron chi connectivity index (χ4n) is 2.06. The molecule has 1 unspecified atom stereocenters. The topological polar surface area (TPSA) is 20.3 Å². The Morgan fingerprint density at radius 1 is 1.53 bits per heavy atom. The summed E-state index contributed by atoms with van der Waals surface area (Å²) in [6, 6.07) is 8.66. The van der Waals surface area contributed by atoms with E-state index in [1.54, 1.807) is 0 Å². The van der Waals surface area contributed by atoms with Gasteiger partial charge in [-0.25, -0.2) is 0 Å². The molecule has 1 aromatic rings. The summed E-state index contributed by atoms with van der Waals surface area (Å²) >= 11 is 1.85. The summed E-state index contributed by atoms with van der Waals surface area (Å²) in [5.74, 6) is 0.992. The van der Waals surface area contributed by atoms with Crippen LogP contribution in [0.2, 0.25) is 0 Å². The van der Waals surface area contributed by atoms with Gasteiger partial charge in [0.1, 0.15) is 0 Å². The highest BCUT2D eigenvalue weighted by Crippen LogP contribution is 2.35. The van der Waals surface area contributed by atoms with Gasteiger partial charge in [0.15, 0.2) is 0 Å². The van der Waals surface area contributed by atoms with E-state index < -0.39 is 0 Å². The van der Waals surface area contributed by atoms with Gasteiger partial charge in [-0.15, -0.1) is 11.8 Å². The van der Waals surface area contributed by atoms with Gasteiger partial charge in [0, 0.05) is 17.2 Å². The first-order valence-electron chi connectivity index (χ1n) is 5.29. The van der Waals surface area contributed by atoms with E-state index in [-0.39, 0.29) is 6.04 Å². The fourth-order valence-corrected chi connectivity index (χ4v) is 3.13. The average molecular weight is 221 g/mol. The largest absolute Gasteiger partial charge is 0.337 e. The lowest BCUT2D eigenvalue weighted by Gasteiger charge is -2.25. The highest BCUT2D eigenvalue weighted by Gasteiger charge is 2.22. The predicted molar refractivity (Wildman–Crippen MR) is 63.0 cm³/mol. The Bertz CT molecular complexity index is 353. The third kappa shape index (κ3) is 2.02. The van der Waals surface area contributed by atoms with Gasteiger partial charge in [-0.2, -0.15) is 0 Å². The van der Waals surface area contributed by atoms with E-state index in [9.17, 15) is 4.79 Å². The number of nitrogens with zero attached hydrogens (tertiary/aromatic N) is 1. The summed E-state index contributed by atoms with van der Waals surface area (Å²) in [5, 5.41) is 0. The Labute approximate surface area is 94.7 Å². The van der Waals surface area contributed by atoms with Crippen LogP contribution in [0.15, 0.2) is 29.2 Å². The summed E-state index contributed by atoms with van der Waals surface area (Å²) in [7, 11) is 0. The summed E-state index contributed by atoms with van der Waals surface area (Å²) in [4.78, 5) is 14.3. The van der Waals surface area contributed by atoms with Gasteiger partial charge in [-0.1, -0.05) is 25.1 Å². The van der Waals surface area contributed by atoms with Crippen LogP contribution in [0.1, 0.15) is 24.9 Å². The lowest BCUT2D eigenvalue weighted by molar-refractivity contribution is -0.120. The lowest BCUT2D eigenvalue weighted by Crippen LogP contribution is -2.27. The van der Waals surface area contributed by atoms with Crippen LogP contribution in [0.25, 0.3) is 0 Å². The first-order valence-corrected chi connectivity index (χ1v) is 6.28. The second kappa shape index (κ2) is 4.71. The van der Waals surface area contributed by atoms with Crippen molar-refractivity contribution < 1.29 is 4.79 Å². The Morgan fingerprint density at radius 2 is 2.33 bits per heavy atom. The van der Waals surface area contributed by atoms with E-state index in [0.717, 1.165) is 25.1 Å². The van der Waals surface area contributed by atoms with E-state index in [4.69, 9.17) is 0 Å². The molecule has 0 aromatic heterocycles.